The lowest BCUT2D eigenvalue weighted by Gasteiger charge is -2.30. The summed E-state index contributed by atoms with van der Waals surface area (Å²) in [6.45, 7) is 2.17. The molecule has 1 N–H and O–H groups in total. The average molecular weight is 279 g/mol. The van der Waals surface area contributed by atoms with Crippen molar-refractivity contribution in [3.05, 3.63) is 0 Å². The highest BCUT2D eigenvalue weighted by atomic mass is 32.2. The number of ether oxygens (including phenoxy) is 1. The Morgan fingerprint density at radius 1 is 1.17 bits per heavy atom. The van der Waals surface area contributed by atoms with Crippen LogP contribution >= 0.6 is 0 Å². The van der Waals surface area contributed by atoms with Crippen LogP contribution in [-0.4, -0.2) is 92.7 Å². The highest BCUT2D eigenvalue weighted by Crippen LogP contribution is 2.20. The van der Waals surface area contributed by atoms with E-state index in [0.29, 0.717) is 32.8 Å². The molecule has 0 aromatic rings. The molecular formula is C10H21N3O4S. The molecule has 0 bridgehead atoms. The molecule has 2 rings (SSSR count). The minimum Gasteiger partial charge on any atom is -0.390 e. The van der Waals surface area contributed by atoms with Crippen LogP contribution in [0, 0.1) is 0 Å². The van der Waals surface area contributed by atoms with Gasteiger partial charge < -0.3 is 14.7 Å². The SMILES string of the molecule is CN(C)[C@@H]1CN(S(=O)(=O)N2CCOCC2)C[C@H]1O. The molecule has 0 aromatic heterocycles. The summed E-state index contributed by atoms with van der Waals surface area (Å²) in [6.07, 6.45) is -0.629. The second-order valence-corrected chi connectivity index (χ2v) is 6.86. The molecule has 2 saturated heterocycles. The van der Waals surface area contributed by atoms with Gasteiger partial charge in [0.05, 0.1) is 25.4 Å². The highest BCUT2D eigenvalue weighted by molar-refractivity contribution is 7.86. The Hall–Kier alpha value is -0.250. The first-order valence-electron chi connectivity index (χ1n) is 6.10. The Bertz CT molecular complexity index is 381. The number of rotatable bonds is 3. The van der Waals surface area contributed by atoms with Crippen LogP contribution in [-0.2, 0) is 14.9 Å². The van der Waals surface area contributed by atoms with E-state index in [1.807, 2.05) is 19.0 Å². The van der Waals surface area contributed by atoms with E-state index in [-0.39, 0.29) is 12.6 Å². The van der Waals surface area contributed by atoms with Gasteiger partial charge in [-0.25, -0.2) is 0 Å². The van der Waals surface area contributed by atoms with Gasteiger partial charge in [-0.1, -0.05) is 0 Å². The van der Waals surface area contributed by atoms with E-state index < -0.39 is 16.3 Å². The fourth-order valence-electron chi connectivity index (χ4n) is 2.37. The highest BCUT2D eigenvalue weighted by Gasteiger charge is 2.41. The largest absolute Gasteiger partial charge is 0.390 e. The molecule has 8 heteroatoms. The third kappa shape index (κ3) is 2.68. The van der Waals surface area contributed by atoms with Crippen molar-refractivity contribution in [2.45, 2.75) is 12.1 Å². The molecule has 0 amide bonds. The van der Waals surface area contributed by atoms with Gasteiger partial charge in [-0.15, -0.1) is 0 Å². The smallest absolute Gasteiger partial charge is 0.282 e. The van der Waals surface area contributed by atoms with Gasteiger partial charge in [0, 0.05) is 26.2 Å². The van der Waals surface area contributed by atoms with Crippen LogP contribution in [0.1, 0.15) is 0 Å². The lowest BCUT2D eigenvalue weighted by atomic mass is 10.2. The van der Waals surface area contributed by atoms with Crippen molar-refractivity contribution in [2.24, 2.45) is 0 Å². The van der Waals surface area contributed by atoms with Crippen LogP contribution in [0.25, 0.3) is 0 Å². The van der Waals surface area contributed by atoms with Gasteiger partial charge in [0.2, 0.25) is 0 Å². The fourth-order valence-corrected chi connectivity index (χ4v) is 3.99. The first-order valence-corrected chi connectivity index (χ1v) is 7.50. The lowest BCUT2D eigenvalue weighted by molar-refractivity contribution is 0.0703. The van der Waals surface area contributed by atoms with Crippen molar-refractivity contribution >= 4 is 10.2 Å². The molecule has 2 heterocycles. The van der Waals surface area contributed by atoms with Crippen LogP contribution in [0.3, 0.4) is 0 Å². The minimum absolute atomic E-state index is 0.138. The Morgan fingerprint density at radius 2 is 1.78 bits per heavy atom. The molecule has 0 saturated carbocycles. The summed E-state index contributed by atoms with van der Waals surface area (Å²) in [6, 6.07) is -0.138. The summed E-state index contributed by atoms with van der Waals surface area (Å²) in [5.41, 5.74) is 0. The van der Waals surface area contributed by atoms with E-state index in [4.69, 9.17) is 4.74 Å². The summed E-state index contributed by atoms with van der Waals surface area (Å²) >= 11 is 0. The molecule has 2 aliphatic rings. The number of morpholine rings is 1. The fraction of sp³-hybridized carbons (Fsp3) is 1.00. The van der Waals surface area contributed by atoms with E-state index in [9.17, 15) is 13.5 Å². The van der Waals surface area contributed by atoms with Crippen LogP contribution in [0.15, 0.2) is 0 Å². The van der Waals surface area contributed by atoms with Crippen LogP contribution in [0.5, 0.6) is 0 Å². The Labute approximate surface area is 108 Å². The maximum absolute atomic E-state index is 12.4. The van der Waals surface area contributed by atoms with E-state index in [0.717, 1.165) is 0 Å². The van der Waals surface area contributed by atoms with Gasteiger partial charge in [0.15, 0.2) is 0 Å². The third-order valence-electron chi connectivity index (χ3n) is 3.51. The van der Waals surface area contributed by atoms with Crippen molar-refractivity contribution in [2.75, 3.05) is 53.5 Å². The van der Waals surface area contributed by atoms with E-state index in [1.54, 1.807) is 0 Å². The quantitative estimate of drug-likeness (QED) is 0.658. The second-order valence-electron chi connectivity index (χ2n) is 4.93. The zero-order valence-corrected chi connectivity index (χ0v) is 11.6. The van der Waals surface area contributed by atoms with Gasteiger partial charge in [-0.05, 0) is 14.1 Å². The average Bonchev–Trinajstić information content (AvgIpc) is 2.73. The number of nitrogens with zero attached hydrogens (tertiary/aromatic N) is 3. The summed E-state index contributed by atoms with van der Waals surface area (Å²) < 4.78 is 32.7. The maximum Gasteiger partial charge on any atom is 0.282 e. The molecule has 7 nitrogen and oxygen atoms in total. The normalized spacial score (nSPS) is 32.2. The molecule has 0 spiro atoms. The molecule has 2 aliphatic heterocycles. The number of aliphatic hydroxyl groups is 1. The summed E-state index contributed by atoms with van der Waals surface area (Å²) in [7, 11) is 0.231. The Morgan fingerprint density at radius 3 is 2.28 bits per heavy atom. The van der Waals surface area contributed by atoms with Crippen LogP contribution < -0.4 is 0 Å². The number of aliphatic hydroxyl groups excluding tert-OH is 1. The van der Waals surface area contributed by atoms with E-state index in [2.05, 4.69) is 0 Å². The molecule has 106 valence electrons. The van der Waals surface area contributed by atoms with Crippen molar-refractivity contribution in [1.82, 2.24) is 13.5 Å². The zero-order chi connectivity index (χ0) is 13.3. The number of β-amino-alcohol motifs (C(OH)–C–C–N with tert-alkyl or cyclic N) is 1. The number of hydrogen-bond acceptors (Lipinski definition) is 5. The first kappa shape index (κ1) is 14.2. The molecule has 2 fully saturated rings. The van der Waals surface area contributed by atoms with Gasteiger partial charge in [0.1, 0.15) is 0 Å². The zero-order valence-electron chi connectivity index (χ0n) is 10.8. The Balaban J connectivity index is 2.07. The molecule has 0 unspecified atom stereocenters. The molecule has 18 heavy (non-hydrogen) atoms. The lowest BCUT2D eigenvalue weighted by Crippen LogP contribution is -2.48. The van der Waals surface area contributed by atoms with Crippen LogP contribution in [0.2, 0.25) is 0 Å². The third-order valence-corrected chi connectivity index (χ3v) is 5.48. The van der Waals surface area contributed by atoms with E-state index in [1.165, 1.54) is 8.61 Å². The standard InChI is InChI=1S/C10H21N3O4S/c1-11(2)9-7-13(8-10(9)14)18(15,16)12-3-5-17-6-4-12/h9-10,14H,3-8H2,1-2H3/t9-,10-/m1/s1. The Kier molecular flexibility index (Phi) is 4.25. The van der Waals surface area contributed by atoms with Gasteiger partial charge >= 0.3 is 0 Å². The van der Waals surface area contributed by atoms with Crippen molar-refractivity contribution < 1.29 is 18.3 Å². The van der Waals surface area contributed by atoms with E-state index >= 15 is 0 Å². The predicted octanol–water partition coefficient (Wildman–Crippen LogP) is -1.83. The van der Waals surface area contributed by atoms with Gasteiger partial charge in [0.25, 0.3) is 10.2 Å². The van der Waals surface area contributed by atoms with Gasteiger partial charge in [-0.3, -0.25) is 0 Å². The van der Waals surface area contributed by atoms with Crippen LogP contribution in [0.4, 0.5) is 0 Å². The molecule has 0 aromatic carbocycles. The van der Waals surface area contributed by atoms with Crippen molar-refractivity contribution in [3.8, 4) is 0 Å². The molecule has 2 atom stereocenters. The summed E-state index contributed by atoms with van der Waals surface area (Å²) in [5, 5.41) is 9.90. The number of hydrogen-bond donors (Lipinski definition) is 1. The maximum atomic E-state index is 12.4. The molecule has 0 radical (unpaired) electrons. The van der Waals surface area contributed by atoms with Gasteiger partial charge in [-0.2, -0.15) is 17.0 Å². The first-order chi connectivity index (χ1) is 8.43. The predicted molar refractivity (Wildman–Crippen MR) is 66.4 cm³/mol. The summed E-state index contributed by atoms with van der Waals surface area (Å²) in [5.74, 6) is 0. The topological polar surface area (TPSA) is 73.3 Å². The summed E-state index contributed by atoms with van der Waals surface area (Å²) in [4.78, 5) is 1.86. The minimum atomic E-state index is -3.46. The second kappa shape index (κ2) is 5.40. The van der Waals surface area contributed by atoms with Crippen molar-refractivity contribution in [3.63, 3.8) is 0 Å². The molecular weight excluding hydrogens is 258 g/mol. The van der Waals surface area contributed by atoms with Crippen molar-refractivity contribution in [1.29, 1.82) is 0 Å². The molecule has 0 aliphatic carbocycles. The monoisotopic (exact) mass is 279 g/mol. The number of likely N-dealkylation sites (N-methyl/N-ethyl adjacent to an activating group) is 1.